The van der Waals surface area contributed by atoms with Crippen LogP contribution in [0.2, 0.25) is 0 Å². The van der Waals surface area contributed by atoms with Gasteiger partial charge >= 0.3 is 0 Å². The molecule has 1 unspecified atom stereocenters. The lowest BCUT2D eigenvalue weighted by Gasteiger charge is -2.13. The first kappa shape index (κ1) is 15.8. The fourth-order valence-corrected chi connectivity index (χ4v) is 2.84. The number of nitrogens with two attached hydrogens (primary N) is 1. The minimum atomic E-state index is 0.122. The number of aromatic nitrogens is 2. The Morgan fingerprint density at radius 1 is 1.14 bits per heavy atom. The third-order valence-corrected chi connectivity index (χ3v) is 4.03. The monoisotopic (exact) mass is 285 g/mol. The maximum Gasteiger partial charge on any atom is 0.0640 e. The van der Waals surface area contributed by atoms with E-state index in [2.05, 4.69) is 67.1 Å². The minimum absolute atomic E-state index is 0.122. The van der Waals surface area contributed by atoms with Gasteiger partial charge in [-0.3, -0.25) is 4.68 Å². The van der Waals surface area contributed by atoms with Gasteiger partial charge in [0, 0.05) is 18.7 Å². The summed E-state index contributed by atoms with van der Waals surface area (Å²) in [5.41, 5.74) is 9.98. The summed E-state index contributed by atoms with van der Waals surface area (Å²) < 4.78 is 2.09. The molecule has 0 amide bonds. The number of hydrogen-bond donors (Lipinski definition) is 1. The van der Waals surface area contributed by atoms with Crippen molar-refractivity contribution in [3.63, 3.8) is 0 Å². The van der Waals surface area contributed by atoms with Crippen LogP contribution in [0, 0.1) is 6.92 Å². The lowest BCUT2D eigenvalue weighted by molar-refractivity contribution is 0.424. The number of nitrogens with zero attached hydrogens (tertiary/aromatic N) is 2. The largest absolute Gasteiger partial charge is 0.327 e. The zero-order valence-electron chi connectivity index (χ0n) is 13.4. The second kappa shape index (κ2) is 7.41. The summed E-state index contributed by atoms with van der Waals surface area (Å²) in [6.07, 6.45) is 6.06. The molecule has 1 heterocycles. The maximum absolute atomic E-state index is 6.29. The van der Waals surface area contributed by atoms with E-state index in [0.29, 0.717) is 6.04 Å². The molecule has 0 aliphatic carbocycles. The van der Waals surface area contributed by atoms with Gasteiger partial charge in [0.05, 0.1) is 11.7 Å². The third kappa shape index (κ3) is 4.43. The van der Waals surface area contributed by atoms with E-state index in [9.17, 15) is 0 Å². The molecule has 3 heteroatoms. The molecule has 0 aliphatic heterocycles. The Bertz CT molecular complexity index is 555. The highest BCUT2D eigenvalue weighted by molar-refractivity contribution is 5.23. The van der Waals surface area contributed by atoms with Crippen molar-refractivity contribution in [2.75, 3.05) is 0 Å². The van der Waals surface area contributed by atoms with Gasteiger partial charge in [-0.25, -0.2) is 0 Å². The molecule has 1 aromatic heterocycles. The van der Waals surface area contributed by atoms with Crippen molar-refractivity contribution in [3.05, 3.63) is 53.3 Å². The van der Waals surface area contributed by atoms with Gasteiger partial charge in [-0.15, -0.1) is 0 Å². The Morgan fingerprint density at radius 3 is 2.57 bits per heavy atom. The summed E-state index contributed by atoms with van der Waals surface area (Å²) in [4.78, 5) is 0. The summed E-state index contributed by atoms with van der Waals surface area (Å²) in [6, 6.07) is 11.3. The average Bonchev–Trinajstić information content (AvgIpc) is 2.88. The van der Waals surface area contributed by atoms with Crippen molar-refractivity contribution in [3.8, 4) is 0 Å². The van der Waals surface area contributed by atoms with Gasteiger partial charge in [-0.05, 0) is 37.8 Å². The predicted octanol–water partition coefficient (Wildman–Crippen LogP) is 3.67. The molecule has 2 rings (SSSR count). The molecule has 21 heavy (non-hydrogen) atoms. The Labute approximate surface area is 128 Å². The number of benzene rings is 1. The molecule has 0 radical (unpaired) electrons. The fraction of sp³-hybridized carbons (Fsp3) is 0.500. The zero-order valence-corrected chi connectivity index (χ0v) is 13.4. The van der Waals surface area contributed by atoms with E-state index >= 15 is 0 Å². The highest BCUT2D eigenvalue weighted by Gasteiger charge is 2.11. The lowest BCUT2D eigenvalue weighted by atomic mass is 10.0. The van der Waals surface area contributed by atoms with E-state index in [4.69, 9.17) is 5.73 Å². The standard InChI is InChI=1S/C18H27N3/c1-4-18(5-2)21-10-9-17(20-21)13-16(19)12-15-8-6-7-14(3)11-15/h6-11,16,18H,4-5,12-13,19H2,1-3H3. The van der Waals surface area contributed by atoms with Gasteiger partial charge in [0.25, 0.3) is 0 Å². The summed E-state index contributed by atoms with van der Waals surface area (Å²) in [7, 11) is 0. The molecule has 2 aromatic rings. The van der Waals surface area contributed by atoms with Crippen LogP contribution in [0.5, 0.6) is 0 Å². The Balaban J connectivity index is 1.95. The normalized spacial score (nSPS) is 12.8. The van der Waals surface area contributed by atoms with Crippen LogP contribution < -0.4 is 5.73 Å². The first-order chi connectivity index (χ1) is 10.1. The van der Waals surface area contributed by atoms with Gasteiger partial charge in [0.1, 0.15) is 0 Å². The van der Waals surface area contributed by atoms with Crippen LogP contribution in [0.3, 0.4) is 0 Å². The second-order valence-electron chi connectivity index (χ2n) is 5.91. The SMILES string of the molecule is CCC(CC)n1ccc(CC(N)Cc2cccc(C)c2)n1. The summed E-state index contributed by atoms with van der Waals surface area (Å²) in [5, 5.41) is 4.69. The molecule has 0 bridgehead atoms. The Morgan fingerprint density at radius 2 is 1.90 bits per heavy atom. The zero-order chi connectivity index (χ0) is 15.2. The molecular weight excluding hydrogens is 258 g/mol. The van der Waals surface area contributed by atoms with E-state index < -0.39 is 0 Å². The average molecular weight is 285 g/mol. The molecule has 0 aliphatic rings. The molecule has 1 aromatic carbocycles. The van der Waals surface area contributed by atoms with Crippen LogP contribution in [0.4, 0.5) is 0 Å². The van der Waals surface area contributed by atoms with Crippen LogP contribution in [0.15, 0.2) is 36.5 Å². The first-order valence-corrected chi connectivity index (χ1v) is 7.97. The van der Waals surface area contributed by atoms with Crippen molar-refractivity contribution >= 4 is 0 Å². The van der Waals surface area contributed by atoms with Crippen molar-refractivity contribution in [1.29, 1.82) is 0 Å². The molecule has 0 fully saturated rings. The topological polar surface area (TPSA) is 43.8 Å². The van der Waals surface area contributed by atoms with Crippen LogP contribution in [-0.4, -0.2) is 15.8 Å². The van der Waals surface area contributed by atoms with Gasteiger partial charge < -0.3 is 5.73 Å². The second-order valence-corrected chi connectivity index (χ2v) is 5.91. The number of rotatable bonds is 7. The van der Waals surface area contributed by atoms with Gasteiger partial charge in [-0.2, -0.15) is 5.10 Å². The van der Waals surface area contributed by atoms with Crippen LogP contribution in [-0.2, 0) is 12.8 Å². The smallest absolute Gasteiger partial charge is 0.0640 e. The predicted molar refractivity (Wildman–Crippen MR) is 88.4 cm³/mol. The number of hydrogen-bond acceptors (Lipinski definition) is 2. The quantitative estimate of drug-likeness (QED) is 0.843. The minimum Gasteiger partial charge on any atom is -0.327 e. The van der Waals surface area contributed by atoms with Crippen molar-refractivity contribution in [2.45, 2.75) is 58.5 Å². The Kier molecular flexibility index (Phi) is 5.57. The van der Waals surface area contributed by atoms with Crippen LogP contribution in [0.25, 0.3) is 0 Å². The van der Waals surface area contributed by atoms with Crippen molar-refractivity contribution < 1.29 is 0 Å². The fourth-order valence-electron chi connectivity index (χ4n) is 2.84. The van der Waals surface area contributed by atoms with Crippen molar-refractivity contribution in [1.82, 2.24) is 9.78 Å². The molecular formula is C18H27N3. The molecule has 2 N–H and O–H groups in total. The highest BCUT2D eigenvalue weighted by atomic mass is 15.3. The van der Waals surface area contributed by atoms with E-state index in [-0.39, 0.29) is 6.04 Å². The Hall–Kier alpha value is -1.61. The summed E-state index contributed by atoms with van der Waals surface area (Å²) in [6.45, 7) is 6.53. The first-order valence-electron chi connectivity index (χ1n) is 7.97. The van der Waals surface area contributed by atoms with Crippen LogP contribution in [0.1, 0.15) is 49.6 Å². The van der Waals surface area contributed by atoms with E-state index in [1.807, 2.05) is 0 Å². The molecule has 0 saturated heterocycles. The van der Waals surface area contributed by atoms with E-state index in [0.717, 1.165) is 31.4 Å². The molecule has 1 atom stereocenters. The molecule has 3 nitrogen and oxygen atoms in total. The van der Waals surface area contributed by atoms with Gasteiger partial charge in [0.2, 0.25) is 0 Å². The summed E-state index contributed by atoms with van der Waals surface area (Å²) >= 11 is 0. The van der Waals surface area contributed by atoms with Crippen molar-refractivity contribution in [2.24, 2.45) is 5.73 Å². The maximum atomic E-state index is 6.29. The van der Waals surface area contributed by atoms with Crippen LogP contribution >= 0.6 is 0 Å². The number of aryl methyl sites for hydroxylation is 1. The van der Waals surface area contributed by atoms with Gasteiger partial charge in [-0.1, -0.05) is 43.7 Å². The molecule has 114 valence electrons. The molecule has 0 spiro atoms. The third-order valence-electron chi connectivity index (χ3n) is 4.03. The lowest BCUT2D eigenvalue weighted by Crippen LogP contribution is -2.26. The highest BCUT2D eigenvalue weighted by Crippen LogP contribution is 2.15. The van der Waals surface area contributed by atoms with E-state index in [1.54, 1.807) is 0 Å². The molecule has 0 saturated carbocycles. The van der Waals surface area contributed by atoms with Gasteiger partial charge in [0.15, 0.2) is 0 Å². The van der Waals surface area contributed by atoms with E-state index in [1.165, 1.54) is 11.1 Å². The summed E-state index contributed by atoms with van der Waals surface area (Å²) in [5.74, 6) is 0.